The summed E-state index contributed by atoms with van der Waals surface area (Å²) in [7, 11) is 0. The summed E-state index contributed by atoms with van der Waals surface area (Å²) in [4.78, 5) is 24.6. The lowest BCUT2D eigenvalue weighted by atomic mass is 10.0. The zero-order valence-electron chi connectivity index (χ0n) is 17.7. The molecule has 0 unspecified atom stereocenters. The third kappa shape index (κ3) is 4.79. The maximum absolute atomic E-state index is 13.4. The number of H-pyrrole nitrogens is 1. The number of rotatable bonds is 8. The largest absolute Gasteiger partial charge is 0.489 e. The lowest BCUT2D eigenvalue weighted by Gasteiger charge is -2.34. The van der Waals surface area contributed by atoms with E-state index in [0.29, 0.717) is 17.0 Å². The van der Waals surface area contributed by atoms with Gasteiger partial charge in [-0.3, -0.25) is 9.78 Å². The van der Waals surface area contributed by atoms with Crippen LogP contribution >= 0.6 is 0 Å². The van der Waals surface area contributed by atoms with Gasteiger partial charge in [-0.25, -0.2) is 4.98 Å². The molecule has 3 aromatic rings. The third-order valence-electron chi connectivity index (χ3n) is 5.31. The van der Waals surface area contributed by atoms with Crippen LogP contribution < -0.4 is 15.4 Å². The standard InChI is InChI=1S/C22H24F3N5O2/c1-12(2)19(20(26)31)30(11-22(23,24)25)14-5-13(7-27-8-14)18-10-29-21-17(18)6-16(9-28-21)32-15-3-4-15/h5-10,12,15,19H,3-4,11H2,1-2H3,(H2,26,31)(H,28,29)/t19-/m0/s1. The first-order valence-corrected chi connectivity index (χ1v) is 10.3. The SMILES string of the molecule is CC(C)[C@@H](C(N)=O)N(CC(F)(F)F)c1cncc(-c2c[nH]c3ncc(OC4CC4)cc23)c1. The molecule has 1 atom stereocenters. The van der Waals surface area contributed by atoms with Gasteiger partial charge in [-0.15, -0.1) is 0 Å². The Morgan fingerprint density at radius 1 is 1.28 bits per heavy atom. The lowest BCUT2D eigenvalue weighted by molar-refractivity contribution is -0.126. The number of primary amides is 1. The summed E-state index contributed by atoms with van der Waals surface area (Å²) in [5.41, 5.74) is 7.55. The number of hydrogen-bond acceptors (Lipinski definition) is 5. The Morgan fingerprint density at radius 3 is 2.66 bits per heavy atom. The van der Waals surface area contributed by atoms with Gasteiger partial charge in [0.1, 0.15) is 24.0 Å². The highest BCUT2D eigenvalue weighted by Gasteiger charge is 2.37. The summed E-state index contributed by atoms with van der Waals surface area (Å²) in [5, 5.41) is 0.764. The molecule has 3 heterocycles. The predicted octanol–water partition coefficient (Wildman–Crippen LogP) is 4.04. The molecule has 1 aliphatic carbocycles. The molecule has 0 saturated heterocycles. The first-order valence-electron chi connectivity index (χ1n) is 10.3. The quantitative estimate of drug-likeness (QED) is 0.543. The van der Waals surface area contributed by atoms with Crippen LogP contribution in [0.1, 0.15) is 26.7 Å². The van der Waals surface area contributed by atoms with E-state index in [2.05, 4.69) is 15.0 Å². The van der Waals surface area contributed by atoms with Gasteiger partial charge in [0, 0.05) is 28.9 Å². The van der Waals surface area contributed by atoms with Gasteiger partial charge in [-0.1, -0.05) is 13.8 Å². The van der Waals surface area contributed by atoms with Gasteiger partial charge in [0.2, 0.25) is 5.91 Å². The summed E-state index contributed by atoms with van der Waals surface area (Å²) in [6.45, 7) is 1.99. The number of hydrogen-bond donors (Lipinski definition) is 2. The second-order valence-electron chi connectivity index (χ2n) is 8.35. The first kappa shape index (κ1) is 21.9. The van der Waals surface area contributed by atoms with E-state index in [9.17, 15) is 18.0 Å². The zero-order chi connectivity index (χ0) is 23.0. The molecule has 32 heavy (non-hydrogen) atoms. The fraction of sp³-hybridized carbons (Fsp3) is 0.409. The van der Waals surface area contributed by atoms with E-state index < -0.39 is 30.6 Å². The number of alkyl halides is 3. The Kier molecular flexibility index (Phi) is 5.70. The fourth-order valence-corrected chi connectivity index (χ4v) is 3.78. The summed E-state index contributed by atoms with van der Waals surface area (Å²) < 4.78 is 45.9. The Bertz CT molecular complexity index is 1120. The Hall–Kier alpha value is -3.30. The molecule has 0 spiro atoms. The van der Waals surface area contributed by atoms with Crippen molar-refractivity contribution in [3.8, 4) is 16.9 Å². The van der Waals surface area contributed by atoms with Crippen molar-refractivity contribution in [2.45, 2.75) is 45.0 Å². The minimum atomic E-state index is -4.53. The molecule has 170 valence electrons. The number of carbonyl (C=O) groups is 1. The number of halogens is 3. The number of aromatic nitrogens is 3. The second kappa shape index (κ2) is 8.33. The van der Waals surface area contributed by atoms with Crippen molar-refractivity contribution >= 4 is 22.6 Å². The maximum Gasteiger partial charge on any atom is 0.405 e. The summed E-state index contributed by atoms with van der Waals surface area (Å²) >= 11 is 0. The minimum absolute atomic E-state index is 0.157. The zero-order valence-corrected chi connectivity index (χ0v) is 17.7. The molecule has 1 amide bonds. The normalized spacial score (nSPS) is 15.2. The van der Waals surface area contributed by atoms with Crippen LogP contribution in [0.3, 0.4) is 0 Å². The van der Waals surface area contributed by atoms with Crippen LogP contribution in [0.4, 0.5) is 18.9 Å². The molecule has 10 heteroatoms. The van der Waals surface area contributed by atoms with Crippen molar-refractivity contribution in [3.63, 3.8) is 0 Å². The van der Waals surface area contributed by atoms with Crippen molar-refractivity contribution in [1.29, 1.82) is 0 Å². The van der Waals surface area contributed by atoms with E-state index >= 15 is 0 Å². The number of aromatic amines is 1. The van der Waals surface area contributed by atoms with E-state index in [4.69, 9.17) is 10.5 Å². The monoisotopic (exact) mass is 447 g/mol. The number of nitrogens with two attached hydrogens (primary N) is 1. The number of fused-ring (bicyclic) bond motifs is 1. The van der Waals surface area contributed by atoms with Crippen LogP contribution in [-0.2, 0) is 4.79 Å². The van der Waals surface area contributed by atoms with Gasteiger partial charge in [-0.05, 0) is 30.9 Å². The number of nitrogens with one attached hydrogen (secondary N) is 1. The van der Waals surface area contributed by atoms with E-state index in [1.807, 2.05) is 6.07 Å². The molecule has 1 fully saturated rings. The number of pyridine rings is 2. The Morgan fingerprint density at radius 2 is 2.03 bits per heavy atom. The van der Waals surface area contributed by atoms with E-state index in [0.717, 1.165) is 28.7 Å². The van der Waals surface area contributed by atoms with Crippen LogP contribution in [-0.4, -0.2) is 45.7 Å². The highest BCUT2D eigenvalue weighted by atomic mass is 19.4. The average Bonchev–Trinajstić information content (AvgIpc) is 3.42. The van der Waals surface area contributed by atoms with Crippen molar-refractivity contribution in [3.05, 3.63) is 36.9 Å². The number of nitrogens with zero attached hydrogens (tertiary/aromatic N) is 3. The summed E-state index contributed by atoms with van der Waals surface area (Å²) in [5.74, 6) is -0.622. The Balaban J connectivity index is 1.74. The average molecular weight is 447 g/mol. The van der Waals surface area contributed by atoms with Crippen LogP contribution in [0, 0.1) is 5.92 Å². The molecule has 0 radical (unpaired) electrons. The second-order valence-corrected chi connectivity index (χ2v) is 8.35. The molecule has 7 nitrogen and oxygen atoms in total. The molecule has 0 aromatic carbocycles. The topological polar surface area (TPSA) is 97.1 Å². The maximum atomic E-state index is 13.4. The summed E-state index contributed by atoms with van der Waals surface area (Å²) in [6, 6.07) is 2.29. The molecule has 0 bridgehead atoms. The van der Waals surface area contributed by atoms with E-state index in [1.165, 1.54) is 6.20 Å². The molecular formula is C22H24F3N5O2. The van der Waals surface area contributed by atoms with Gasteiger partial charge < -0.3 is 20.4 Å². The predicted molar refractivity (Wildman–Crippen MR) is 114 cm³/mol. The van der Waals surface area contributed by atoms with Gasteiger partial charge in [0.25, 0.3) is 0 Å². The van der Waals surface area contributed by atoms with E-state index in [1.54, 1.807) is 38.5 Å². The van der Waals surface area contributed by atoms with Crippen LogP contribution in [0.25, 0.3) is 22.2 Å². The van der Waals surface area contributed by atoms with Crippen molar-refractivity contribution < 1.29 is 22.7 Å². The van der Waals surface area contributed by atoms with Crippen molar-refractivity contribution in [2.75, 3.05) is 11.4 Å². The molecular weight excluding hydrogens is 423 g/mol. The number of amides is 1. The van der Waals surface area contributed by atoms with Gasteiger partial charge in [0.15, 0.2) is 0 Å². The highest BCUT2D eigenvalue weighted by Crippen LogP contribution is 2.35. The number of anilines is 1. The summed E-state index contributed by atoms with van der Waals surface area (Å²) in [6.07, 6.45) is 3.93. The number of carbonyl (C=O) groups excluding carboxylic acids is 1. The minimum Gasteiger partial charge on any atom is -0.489 e. The molecule has 4 rings (SSSR count). The first-order chi connectivity index (χ1) is 15.1. The van der Waals surface area contributed by atoms with Gasteiger partial charge in [0.05, 0.1) is 24.2 Å². The number of ether oxygens (including phenoxy) is 1. The molecule has 1 aliphatic rings. The molecule has 0 aliphatic heterocycles. The van der Waals surface area contributed by atoms with Crippen LogP contribution in [0.15, 0.2) is 36.9 Å². The molecule has 3 N–H and O–H groups in total. The van der Waals surface area contributed by atoms with Crippen LogP contribution in [0.5, 0.6) is 5.75 Å². The van der Waals surface area contributed by atoms with Crippen molar-refractivity contribution in [1.82, 2.24) is 15.0 Å². The smallest absolute Gasteiger partial charge is 0.405 e. The van der Waals surface area contributed by atoms with Crippen LogP contribution in [0.2, 0.25) is 0 Å². The van der Waals surface area contributed by atoms with Gasteiger partial charge in [-0.2, -0.15) is 13.2 Å². The van der Waals surface area contributed by atoms with Crippen molar-refractivity contribution in [2.24, 2.45) is 11.7 Å². The molecule has 1 saturated carbocycles. The lowest BCUT2D eigenvalue weighted by Crippen LogP contribution is -2.51. The van der Waals surface area contributed by atoms with Gasteiger partial charge >= 0.3 is 6.18 Å². The highest BCUT2D eigenvalue weighted by molar-refractivity contribution is 5.94. The third-order valence-corrected chi connectivity index (χ3v) is 5.31. The fourth-order valence-electron chi connectivity index (χ4n) is 3.78. The molecule has 3 aromatic heterocycles. The Labute approximate surface area is 182 Å². The van der Waals surface area contributed by atoms with E-state index in [-0.39, 0.29) is 11.8 Å².